The number of methoxy groups -OCH3 is 1. The molecule has 2 N–H and O–H groups in total. The van der Waals surface area contributed by atoms with Crippen molar-refractivity contribution in [3.8, 4) is 11.8 Å². The number of anilines is 1. The van der Waals surface area contributed by atoms with Crippen molar-refractivity contribution >= 4 is 23.2 Å². The molecular weight excluding hydrogens is 338 g/mol. The minimum Gasteiger partial charge on any atom is -0.495 e. The molecule has 1 amide bonds. The maximum atomic E-state index is 12.3. The van der Waals surface area contributed by atoms with Crippen LogP contribution in [0.2, 0.25) is 5.02 Å². The van der Waals surface area contributed by atoms with Crippen molar-refractivity contribution in [2.75, 3.05) is 12.4 Å². The van der Waals surface area contributed by atoms with E-state index >= 15 is 0 Å². The largest absolute Gasteiger partial charge is 0.495 e. The first-order valence-corrected chi connectivity index (χ1v) is 7.99. The van der Waals surface area contributed by atoms with Crippen LogP contribution in [0.15, 0.2) is 60.3 Å². The van der Waals surface area contributed by atoms with Gasteiger partial charge in [-0.25, -0.2) is 0 Å². The van der Waals surface area contributed by atoms with Gasteiger partial charge in [0, 0.05) is 11.2 Å². The smallest absolute Gasteiger partial charge is 0.263 e. The van der Waals surface area contributed by atoms with Crippen LogP contribution in [0.25, 0.3) is 0 Å². The van der Waals surface area contributed by atoms with Crippen LogP contribution in [0.3, 0.4) is 0 Å². The van der Waals surface area contributed by atoms with E-state index in [0.29, 0.717) is 16.5 Å². The third-order valence-electron chi connectivity index (χ3n) is 3.55. The number of carbonyl (C=O) groups excluding carboxylic acids is 1. The second kappa shape index (κ2) is 8.76. The predicted molar refractivity (Wildman–Crippen MR) is 98.3 cm³/mol. The molecular formula is C19H18ClN3O2. The molecule has 25 heavy (non-hydrogen) atoms. The maximum absolute atomic E-state index is 12.3. The molecule has 0 aliphatic heterocycles. The van der Waals surface area contributed by atoms with Crippen LogP contribution >= 0.6 is 11.6 Å². The van der Waals surface area contributed by atoms with Gasteiger partial charge in [-0.3, -0.25) is 4.79 Å². The van der Waals surface area contributed by atoms with Gasteiger partial charge in [0.2, 0.25) is 0 Å². The number of amides is 1. The monoisotopic (exact) mass is 355 g/mol. The normalized spacial score (nSPS) is 12.0. The number of nitrogens with one attached hydrogen (secondary N) is 2. The Morgan fingerprint density at radius 3 is 2.64 bits per heavy atom. The molecule has 1 atom stereocenters. The quantitative estimate of drug-likeness (QED) is 0.605. The number of carbonyl (C=O) groups is 1. The molecule has 2 aromatic carbocycles. The maximum Gasteiger partial charge on any atom is 0.263 e. The average molecular weight is 356 g/mol. The standard InChI is InChI=1S/C19H18ClN3O2/c1-13(14-6-4-3-5-7-14)23-19(24)15(11-21)12-22-17-10-16(20)8-9-18(17)25-2/h3-10,12-13,22H,1-2H3,(H,23,24)/b15-12-. The van der Waals surface area contributed by atoms with Crippen LogP contribution in [-0.2, 0) is 4.79 Å². The van der Waals surface area contributed by atoms with Gasteiger partial charge >= 0.3 is 0 Å². The highest BCUT2D eigenvalue weighted by Crippen LogP contribution is 2.27. The zero-order valence-electron chi connectivity index (χ0n) is 13.9. The van der Waals surface area contributed by atoms with Gasteiger partial charge in [0.15, 0.2) is 0 Å². The van der Waals surface area contributed by atoms with Gasteiger partial charge in [-0.15, -0.1) is 0 Å². The Kier molecular flexibility index (Phi) is 6.44. The van der Waals surface area contributed by atoms with Crippen molar-refractivity contribution in [2.45, 2.75) is 13.0 Å². The van der Waals surface area contributed by atoms with E-state index in [2.05, 4.69) is 10.6 Å². The van der Waals surface area contributed by atoms with Crippen molar-refractivity contribution in [1.82, 2.24) is 5.32 Å². The molecule has 0 heterocycles. The number of nitriles is 1. The summed E-state index contributed by atoms with van der Waals surface area (Å²) in [4.78, 5) is 12.3. The molecule has 2 aromatic rings. The van der Waals surface area contributed by atoms with E-state index in [0.717, 1.165) is 5.56 Å². The molecule has 1 unspecified atom stereocenters. The Morgan fingerprint density at radius 1 is 1.28 bits per heavy atom. The van der Waals surface area contributed by atoms with Crippen molar-refractivity contribution in [2.24, 2.45) is 0 Å². The lowest BCUT2D eigenvalue weighted by atomic mass is 10.1. The highest BCUT2D eigenvalue weighted by molar-refractivity contribution is 6.30. The SMILES string of the molecule is COc1ccc(Cl)cc1N/C=C(/C#N)C(=O)NC(C)c1ccccc1. The van der Waals surface area contributed by atoms with Crippen LogP contribution in [0.1, 0.15) is 18.5 Å². The van der Waals surface area contributed by atoms with E-state index < -0.39 is 5.91 Å². The second-order valence-electron chi connectivity index (χ2n) is 5.26. The molecule has 0 bridgehead atoms. The van der Waals surface area contributed by atoms with E-state index in [1.165, 1.54) is 13.3 Å². The summed E-state index contributed by atoms with van der Waals surface area (Å²) in [7, 11) is 1.53. The van der Waals surface area contributed by atoms with Gasteiger partial charge in [-0.1, -0.05) is 41.9 Å². The highest BCUT2D eigenvalue weighted by Gasteiger charge is 2.14. The van der Waals surface area contributed by atoms with Gasteiger partial charge in [0.05, 0.1) is 18.8 Å². The van der Waals surface area contributed by atoms with Gasteiger partial charge in [-0.05, 0) is 30.7 Å². The van der Waals surface area contributed by atoms with E-state index in [1.54, 1.807) is 18.2 Å². The Labute approximate surface area is 151 Å². The molecule has 0 aliphatic rings. The molecule has 0 aromatic heterocycles. The van der Waals surface area contributed by atoms with Crippen LogP contribution < -0.4 is 15.4 Å². The average Bonchev–Trinajstić information content (AvgIpc) is 2.63. The van der Waals surface area contributed by atoms with Crippen molar-refractivity contribution < 1.29 is 9.53 Å². The summed E-state index contributed by atoms with van der Waals surface area (Å²) in [5.74, 6) is 0.0864. The Balaban J connectivity index is 2.11. The number of halogens is 1. The molecule has 0 spiro atoms. The van der Waals surface area contributed by atoms with Crippen LogP contribution in [0, 0.1) is 11.3 Å². The van der Waals surface area contributed by atoms with E-state index in [-0.39, 0.29) is 11.6 Å². The Bertz CT molecular complexity index is 813. The number of benzene rings is 2. The lowest BCUT2D eigenvalue weighted by Gasteiger charge is -2.14. The minimum absolute atomic E-state index is 0.0511. The lowest BCUT2D eigenvalue weighted by molar-refractivity contribution is -0.117. The third-order valence-corrected chi connectivity index (χ3v) is 3.78. The summed E-state index contributed by atoms with van der Waals surface area (Å²) in [6.45, 7) is 1.86. The topological polar surface area (TPSA) is 74.1 Å². The summed E-state index contributed by atoms with van der Waals surface area (Å²) in [6, 6.07) is 16.2. The fourth-order valence-corrected chi connectivity index (χ4v) is 2.36. The molecule has 0 aliphatic carbocycles. The second-order valence-corrected chi connectivity index (χ2v) is 5.70. The first-order valence-electron chi connectivity index (χ1n) is 7.61. The van der Waals surface area contributed by atoms with Crippen LogP contribution in [-0.4, -0.2) is 13.0 Å². The molecule has 0 fully saturated rings. The molecule has 0 radical (unpaired) electrons. The summed E-state index contributed by atoms with van der Waals surface area (Å²) in [6.07, 6.45) is 1.33. The first kappa shape index (κ1) is 18.4. The summed E-state index contributed by atoms with van der Waals surface area (Å²) in [5.41, 5.74) is 1.47. The molecule has 0 saturated heterocycles. The Hall–Kier alpha value is -2.97. The van der Waals surface area contributed by atoms with Crippen molar-refractivity contribution in [3.63, 3.8) is 0 Å². The van der Waals surface area contributed by atoms with E-state index in [1.807, 2.05) is 43.3 Å². The van der Waals surface area contributed by atoms with Crippen LogP contribution in [0.5, 0.6) is 5.75 Å². The van der Waals surface area contributed by atoms with Gasteiger partial charge in [-0.2, -0.15) is 5.26 Å². The predicted octanol–water partition coefficient (Wildman–Crippen LogP) is 4.05. The summed E-state index contributed by atoms with van der Waals surface area (Å²) in [5, 5.41) is 15.5. The zero-order chi connectivity index (χ0) is 18.2. The third kappa shape index (κ3) is 5.00. The number of ether oxygens (including phenoxy) is 1. The molecule has 128 valence electrons. The number of nitrogens with zero attached hydrogens (tertiary/aromatic N) is 1. The van der Waals surface area contributed by atoms with Crippen molar-refractivity contribution in [3.05, 3.63) is 70.9 Å². The van der Waals surface area contributed by atoms with Crippen LogP contribution in [0.4, 0.5) is 5.69 Å². The van der Waals surface area contributed by atoms with Gasteiger partial charge in [0.25, 0.3) is 5.91 Å². The fourth-order valence-electron chi connectivity index (χ4n) is 2.19. The lowest BCUT2D eigenvalue weighted by Crippen LogP contribution is -2.28. The highest BCUT2D eigenvalue weighted by atomic mass is 35.5. The first-order chi connectivity index (χ1) is 12.0. The van der Waals surface area contributed by atoms with Crippen molar-refractivity contribution in [1.29, 1.82) is 5.26 Å². The summed E-state index contributed by atoms with van der Waals surface area (Å²) >= 11 is 5.96. The van der Waals surface area contributed by atoms with E-state index in [9.17, 15) is 10.1 Å². The molecule has 5 nitrogen and oxygen atoms in total. The number of hydrogen-bond acceptors (Lipinski definition) is 4. The zero-order valence-corrected chi connectivity index (χ0v) is 14.7. The minimum atomic E-state index is -0.465. The van der Waals surface area contributed by atoms with Gasteiger partial charge in [0.1, 0.15) is 17.4 Å². The molecule has 6 heteroatoms. The molecule has 2 rings (SSSR count). The summed E-state index contributed by atoms with van der Waals surface area (Å²) < 4.78 is 5.22. The number of hydrogen-bond donors (Lipinski definition) is 2. The number of rotatable bonds is 6. The van der Waals surface area contributed by atoms with Gasteiger partial charge < -0.3 is 15.4 Å². The molecule has 0 saturated carbocycles. The van der Waals surface area contributed by atoms with E-state index in [4.69, 9.17) is 16.3 Å². The Morgan fingerprint density at radius 2 is 2.00 bits per heavy atom. The fraction of sp³-hybridized carbons (Fsp3) is 0.158.